The van der Waals surface area contributed by atoms with Crippen molar-refractivity contribution in [2.45, 2.75) is 12.5 Å². The molecule has 3 nitrogen and oxygen atoms in total. The molecule has 2 rings (SSSR count). The number of hydrogen-bond acceptors (Lipinski definition) is 3. The van der Waals surface area contributed by atoms with Gasteiger partial charge in [0, 0.05) is 34.7 Å². The average molecular weight is 248 g/mol. The van der Waals surface area contributed by atoms with Crippen LogP contribution in [0.1, 0.15) is 17.2 Å². The van der Waals surface area contributed by atoms with Gasteiger partial charge in [0.25, 0.3) is 0 Å². The molecule has 4 heteroatoms. The molecular weight excluding hydrogens is 234 g/mol. The summed E-state index contributed by atoms with van der Waals surface area (Å²) >= 11 is 6.09. The zero-order valence-electron chi connectivity index (χ0n) is 9.31. The Labute approximate surface area is 105 Å². The Kier molecular flexibility index (Phi) is 3.61. The van der Waals surface area contributed by atoms with E-state index in [9.17, 15) is 0 Å². The number of anilines is 1. The highest BCUT2D eigenvalue weighted by Crippen LogP contribution is 2.24. The van der Waals surface area contributed by atoms with E-state index >= 15 is 0 Å². The molecule has 0 aliphatic rings. The van der Waals surface area contributed by atoms with E-state index in [1.807, 2.05) is 24.3 Å². The normalized spacial score (nSPS) is 12.4. The molecule has 1 atom stereocenters. The van der Waals surface area contributed by atoms with Crippen LogP contribution in [-0.4, -0.2) is 4.98 Å². The Morgan fingerprint density at radius 1 is 1.24 bits per heavy atom. The fourth-order valence-corrected chi connectivity index (χ4v) is 1.95. The Hall–Kier alpha value is -1.58. The van der Waals surface area contributed by atoms with Crippen LogP contribution in [0.2, 0.25) is 5.02 Å². The molecule has 0 saturated heterocycles. The molecule has 0 amide bonds. The second kappa shape index (κ2) is 5.17. The summed E-state index contributed by atoms with van der Waals surface area (Å²) in [6.07, 6.45) is 4.01. The van der Waals surface area contributed by atoms with Crippen LogP contribution in [0.3, 0.4) is 0 Å². The zero-order valence-corrected chi connectivity index (χ0v) is 10.1. The first-order valence-electron chi connectivity index (χ1n) is 5.37. The summed E-state index contributed by atoms with van der Waals surface area (Å²) in [5, 5.41) is 0.727. The van der Waals surface area contributed by atoms with Crippen LogP contribution in [0, 0.1) is 0 Å². The highest BCUT2D eigenvalue weighted by molar-refractivity contribution is 6.31. The Morgan fingerprint density at radius 3 is 2.71 bits per heavy atom. The van der Waals surface area contributed by atoms with Crippen molar-refractivity contribution in [2.75, 3.05) is 5.73 Å². The van der Waals surface area contributed by atoms with E-state index in [0.717, 1.165) is 16.1 Å². The van der Waals surface area contributed by atoms with Gasteiger partial charge < -0.3 is 11.5 Å². The zero-order chi connectivity index (χ0) is 12.3. The molecule has 0 bridgehead atoms. The lowest BCUT2D eigenvalue weighted by molar-refractivity contribution is 0.720. The van der Waals surface area contributed by atoms with Crippen molar-refractivity contribution < 1.29 is 0 Å². The smallest absolute Gasteiger partial charge is 0.0438 e. The van der Waals surface area contributed by atoms with Crippen LogP contribution >= 0.6 is 11.6 Å². The minimum absolute atomic E-state index is 0.191. The van der Waals surface area contributed by atoms with Crippen molar-refractivity contribution in [2.24, 2.45) is 5.73 Å². The Morgan fingerprint density at radius 2 is 2.00 bits per heavy atom. The standard InChI is InChI=1S/C13H14ClN3/c14-11-4-2-1-3-9(11)7-13(16)10-8-17-6-5-12(10)15/h1-6,8,13H,7,16H2,(H2,15,17). The average Bonchev–Trinajstić information content (AvgIpc) is 2.32. The predicted molar refractivity (Wildman–Crippen MR) is 70.7 cm³/mol. The third-order valence-electron chi connectivity index (χ3n) is 2.68. The van der Waals surface area contributed by atoms with Crippen LogP contribution in [0.25, 0.3) is 0 Å². The molecular formula is C13H14ClN3. The Bertz CT molecular complexity index is 514. The summed E-state index contributed by atoms with van der Waals surface area (Å²) in [5.74, 6) is 0. The number of hydrogen-bond donors (Lipinski definition) is 2. The fraction of sp³-hybridized carbons (Fsp3) is 0.154. The molecule has 1 unspecified atom stereocenters. The third kappa shape index (κ3) is 2.75. The number of nitrogens with two attached hydrogens (primary N) is 2. The highest BCUT2D eigenvalue weighted by Gasteiger charge is 2.11. The number of nitrogens with zero attached hydrogens (tertiary/aromatic N) is 1. The van der Waals surface area contributed by atoms with E-state index in [-0.39, 0.29) is 6.04 Å². The molecule has 1 aromatic heterocycles. The highest BCUT2D eigenvalue weighted by atomic mass is 35.5. The molecule has 0 radical (unpaired) electrons. The van der Waals surface area contributed by atoms with Gasteiger partial charge in [-0.3, -0.25) is 4.98 Å². The van der Waals surface area contributed by atoms with E-state index in [4.69, 9.17) is 23.1 Å². The van der Waals surface area contributed by atoms with Crippen molar-refractivity contribution >= 4 is 17.3 Å². The molecule has 88 valence electrons. The van der Waals surface area contributed by atoms with E-state index in [1.165, 1.54) is 0 Å². The molecule has 17 heavy (non-hydrogen) atoms. The lowest BCUT2D eigenvalue weighted by Gasteiger charge is -2.14. The van der Waals surface area contributed by atoms with Crippen molar-refractivity contribution in [3.05, 3.63) is 58.9 Å². The van der Waals surface area contributed by atoms with E-state index in [1.54, 1.807) is 18.5 Å². The summed E-state index contributed by atoms with van der Waals surface area (Å²) < 4.78 is 0. The molecule has 1 aromatic carbocycles. The Balaban J connectivity index is 2.20. The third-order valence-corrected chi connectivity index (χ3v) is 3.05. The topological polar surface area (TPSA) is 64.9 Å². The number of benzene rings is 1. The van der Waals surface area contributed by atoms with Crippen molar-refractivity contribution in [3.63, 3.8) is 0 Å². The summed E-state index contributed by atoms with van der Waals surface area (Å²) in [6, 6.07) is 9.23. The molecule has 0 fully saturated rings. The monoisotopic (exact) mass is 247 g/mol. The summed E-state index contributed by atoms with van der Waals surface area (Å²) in [5.41, 5.74) is 14.5. The van der Waals surface area contributed by atoms with Gasteiger partial charge in [-0.15, -0.1) is 0 Å². The maximum Gasteiger partial charge on any atom is 0.0438 e. The second-order valence-electron chi connectivity index (χ2n) is 3.91. The van der Waals surface area contributed by atoms with Crippen LogP contribution in [0.5, 0.6) is 0 Å². The van der Waals surface area contributed by atoms with Gasteiger partial charge in [0.05, 0.1) is 0 Å². The summed E-state index contributed by atoms with van der Waals surface area (Å²) in [7, 11) is 0. The largest absolute Gasteiger partial charge is 0.398 e. The second-order valence-corrected chi connectivity index (χ2v) is 4.31. The maximum atomic E-state index is 6.12. The minimum atomic E-state index is -0.191. The number of rotatable bonds is 3. The number of pyridine rings is 1. The maximum absolute atomic E-state index is 6.12. The van der Waals surface area contributed by atoms with Crippen LogP contribution in [0.4, 0.5) is 5.69 Å². The first-order chi connectivity index (χ1) is 8.18. The van der Waals surface area contributed by atoms with Gasteiger partial charge in [-0.2, -0.15) is 0 Å². The minimum Gasteiger partial charge on any atom is -0.398 e. The van der Waals surface area contributed by atoms with Crippen LogP contribution in [-0.2, 0) is 6.42 Å². The predicted octanol–water partition coefficient (Wildman–Crippen LogP) is 2.56. The van der Waals surface area contributed by atoms with Gasteiger partial charge >= 0.3 is 0 Å². The number of aromatic nitrogens is 1. The van der Waals surface area contributed by atoms with Crippen LogP contribution < -0.4 is 11.5 Å². The quantitative estimate of drug-likeness (QED) is 0.876. The van der Waals surface area contributed by atoms with Crippen molar-refractivity contribution in [1.82, 2.24) is 4.98 Å². The summed E-state index contributed by atoms with van der Waals surface area (Å²) in [4.78, 5) is 4.04. The van der Waals surface area contributed by atoms with Crippen LogP contribution in [0.15, 0.2) is 42.7 Å². The van der Waals surface area contributed by atoms with Crippen molar-refractivity contribution in [1.29, 1.82) is 0 Å². The van der Waals surface area contributed by atoms with Gasteiger partial charge in [-0.1, -0.05) is 29.8 Å². The molecule has 0 spiro atoms. The number of nitrogen functional groups attached to an aromatic ring is 1. The lowest BCUT2D eigenvalue weighted by atomic mass is 10.00. The van der Waals surface area contributed by atoms with Crippen molar-refractivity contribution in [3.8, 4) is 0 Å². The van der Waals surface area contributed by atoms with Gasteiger partial charge in [0.15, 0.2) is 0 Å². The SMILES string of the molecule is Nc1ccncc1C(N)Cc1ccccc1Cl. The lowest BCUT2D eigenvalue weighted by Crippen LogP contribution is -2.15. The molecule has 0 saturated carbocycles. The van der Waals surface area contributed by atoms with E-state index in [2.05, 4.69) is 4.98 Å². The van der Waals surface area contributed by atoms with Gasteiger partial charge in [-0.05, 0) is 24.1 Å². The molecule has 2 aromatic rings. The first-order valence-corrected chi connectivity index (χ1v) is 5.74. The summed E-state index contributed by atoms with van der Waals surface area (Å²) in [6.45, 7) is 0. The first kappa shape index (κ1) is 11.9. The van der Waals surface area contributed by atoms with E-state index in [0.29, 0.717) is 12.1 Å². The molecule has 4 N–H and O–H groups in total. The number of halogens is 1. The fourth-order valence-electron chi connectivity index (χ4n) is 1.74. The molecule has 0 aliphatic carbocycles. The van der Waals surface area contributed by atoms with E-state index < -0.39 is 0 Å². The van der Waals surface area contributed by atoms with Gasteiger partial charge in [0.1, 0.15) is 0 Å². The van der Waals surface area contributed by atoms with Gasteiger partial charge in [0.2, 0.25) is 0 Å². The molecule has 0 aliphatic heterocycles. The molecule has 1 heterocycles. The van der Waals surface area contributed by atoms with Gasteiger partial charge in [-0.25, -0.2) is 0 Å².